The van der Waals surface area contributed by atoms with E-state index in [-0.39, 0.29) is 11.7 Å². The summed E-state index contributed by atoms with van der Waals surface area (Å²) in [6.07, 6.45) is 1.69. The van der Waals surface area contributed by atoms with Crippen LogP contribution in [-0.4, -0.2) is 16.1 Å². The molecular formula is C15H14FN3OS. The normalized spacial score (nSPS) is 11.0. The smallest absolute Gasteiger partial charge is 0.261 e. The minimum absolute atomic E-state index is 0.186. The number of rotatable bonds is 3. The van der Waals surface area contributed by atoms with Crippen LogP contribution in [0, 0.1) is 19.7 Å². The standard InChI is InChI=1S/C15H14FN3OS/c1-8-13-11(16)4-3-5-12(13)21-14(8)15(20)17-6-10-7-18-19-9(10)2/h3-5,7H,6H2,1-2H3,(H,17,20)(H,18,19). The van der Waals surface area contributed by atoms with Crippen molar-refractivity contribution in [1.82, 2.24) is 15.5 Å². The number of amides is 1. The summed E-state index contributed by atoms with van der Waals surface area (Å²) in [5.74, 6) is -0.473. The molecule has 0 unspecified atom stereocenters. The van der Waals surface area contributed by atoms with Crippen molar-refractivity contribution in [1.29, 1.82) is 0 Å². The number of hydrogen-bond acceptors (Lipinski definition) is 3. The van der Waals surface area contributed by atoms with Crippen molar-refractivity contribution in [3.05, 3.63) is 51.9 Å². The Morgan fingerprint density at radius 2 is 2.24 bits per heavy atom. The van der Waals surface area contributed by atoms with Gasteiger partial charge in [-0.15, -0.1) is 11.3 Å². The predicted molar refractivity (Wildman–Crippen MR) is 81.0 cm³/mol. The summed E-state index contributed by atoms with van der Waals surface area (Å²) in [6, 6.07) is 4.90. The number of aryl methyl sites for hydroxylation is 2. The van der Waals surface area contributed by atoms with Crippen molar-refractivity contribution in [2.75, 3.05) is 0 Å². The molecule has 1 amide bonds. The van der Waals surface area contributed by atoms with Gasteiger partial charge in [0.2, 0.25) is 0 Å². The maximum absolute atomic E-state index is 13.8. The number of benzene rings is 1. The molecule has 0 aliphatic carbocycles. The Labute approximate surface area is 125 Å². The van der Waals surface area contributed by atoms with Gasteiger partial charge >= 0.3 is 0 Å². The van der Waals surface area contributed by atoms with E-state index >= 15 is 0 Å². The molecule has 0 aliphatic heterocycles. The maximum Gasteiger partial charge on any atom is 0.261 e. The summed E-state index contributed by atoms with van der Waals surface area (Å²) in [7, 11) is 0. The third kappa shape index (κ3) is 2.42. The first-order valence-electron chi connectivity index (χ1n) is 6.52. The zero-order valence-electron chi connectivity index (χ0n) is 11.7. The minimum atomic E-state index is -0.286. The van der Waals surface area contributed by atoms with E-state index in [4.69, 9.17) is 0 Å². The number of hydrogen-bond donors (Lipinski definition) is 2. The number of carbonyl (C=O) groups excluding carboxylic acids is 1. The van der Waals surface area contributed by atoms with Crippen LogP contribution in [0.3, 0.4) is 0 Å². The van der Waals surface area contributed by atoms with Crippen molar-refractivity contribution in [3.63, 3.8) is 0 Å². The molecule has 2 N–H and O–H groups in total. The zero-order chi connectivity index (χ0) is 15.0. The van der Waals surface area contributed by atoms with Crippen LogP contribution in [0.1, 0.15) is 26.5 Å². The van der Waals surface area contributed by atoms with Gasteiger partial charge in [-0.1, -0.05) is 6.07 Å². The van der Waals surface area contributed by atoms with E-state index in [1.165, 1.54) is 17.4 Å². The Balaban J connectivity index is 1.87. The highest BCUT2D eigenvalue weighted by Crippen LogP contribution is 2.32. The molecule has 0 bridgehead atoms. The van der Waals surface area contributed by atoms with Gasteiger partial charge in [-0.2, -0.15) is 5.10 Å². The molecular weight excluding hydrogens is 289 g/mol. The molecule has 4 nitrogen and oxygen atoms in total. The quantitative estimate of drug-likeness (QED) is 0.780. The van der Waals surface area contributed by atoms with Gasteiger partial charge in [0.1, 0.15) is 5.82 Å². The first kappa shape index (κ1) is 13.8. The highest BCUT2D eigenvalue weighted by molar-refractivity contribution is 7.21. The van der Waals surface area contributed by atoms with E-state index in [0.717, 1.165) is 16.0 Å². The summed E-state index contributed by atoms with van der Waals surface area (Å²) in [5.41, 5.74) is 2.55. The van der Waals surface area contributed by atoms with Crippen molar-refractivity contribution in [3.8, 4) is 0 Å². The first-order valence-corrected chi connectivity index (χ1v) is 7.34. The molecule has 2 heterocycles. The number of aromatic amines is 1. The molecule has 0 atom stereocenters. The van der Waals surface area contributed by atoms with Crippen LogP contribution in [0.5, 0.6) is 0 Å². The van der Waals surface area contributed by atoms with Crippen molar-refractivity contribution < 1.29 is 9.18 Å². The van der Waals surface area contributed by atoms with E-state index in [0.29, 0.717) is 22.4 Å². The second-order valence-electron chi connectivity index (χ2n) is 4.87. The van der Waals surface area contributed by atoms with Crippen LogP contribution >= 0.6 is 11.3 Å². The van der Waals surface area contributed by atoms with Gasteiger partial charge in [0.15, 0.2) is 0 Å². The van der Waals surface area contributed by atoms with E-state index in [9.17, 15) is 9.18 Å². The third-order valence-electron chi connectivity index (χ3n) is 3.48. The van der Waals surface area contributed by atoms with Gasteiger partial charge < -0.3 is 5.32 Å². The fourth-order valence-corrected chi connectivity index (χ4v) is 3.42. The molecule has 1 aromatic carbocycles. The SMILES string of the molecule is Cc1[nH]ncc1CNC(=O)c1sc2cccc(F)c2c1C. The lowest BCUT2D eigenvalue weighted by molar-refractivity contribution is 0.0954. The van der Waals surface area contributed by atoms with Gasteiger partial charge in [0.05, 0.1) is 11.1 Å². The summed E-state index contributed by atoms with van der Waals surface area (Å²) in [5, 5.41) is 10.1. The molecule has 21 heavy (non-hydrogen) atoms. The zero-order valence-corrected chi connectivity index (χ0v) is 12.5. The molecule has 108 valence electrons. The summed E-state index contributed by atoms with van der Waals surface area (Å²) in [6.45, 7) is 4.08. The maximum atomic E-state index is 13.8. The molecule has 3 rings (SSSR count). The van der Waals surface area contributed by atoms with Crippen LogP contribution in [0.4, 0.5) is 4.39 Å². The largest absolute Gasteiger partial charge is 0.347 e. The lowest BCUT2D eigenvalue weighted by Gasteiger charge is -2.03. The average molecular weight is 303 g/mol. The van der Waals surface area contributed by atoms with Gasteiger partial charge in [-0.05, 0) is 31.5 Å². The molecule has 3 aromatic rings. The van der Waals surface area contributed by atoms with Crippen LogP contribution in [0.25, 0.3) is 10.1 Å². The molecule has 2 aromatic heterocycles. The summed E-state index contributed by atoms with van der Waals surface area (Å²) >= 11 is 1.31. The lowest BCUT2D eigenvalue weighted by atomic mass is 10.1. The Kier molecular flexibility index (Phi) is 3.47. The molecule has 0 fully saturated rings. The van der Waals surface area contributed by atoms with E-state index < -0.39 is 0 Å². The lowest BCUT2D eigenvalue weighted by Crippen LogP contribution is -2.22. The predicted octanol–water partition coefficient (Wildman–Crippen LogP) is 3.31. The van der Waals surface area contributed by atoms with E-state index in [1.807, 2.05) is 13.0 Å². The van der Waals surface area contributed by atoms with Crippen LogP contribution in [0.15, 0.2) is 24.4 Å². The number of halogens is 1. The number of fused-ring (bicyclic) bond motifs is 1. The van der Waals surface area contributed by atoms with Gasteiger partial charge in [-0.25, -0.2) is 4.39 Å². The Morgan fingerprint density at radius 3 is 2.90 bits per heavy atom. The summed E-state index contributed by atoms with van der Waals surface area (Å²) < 4.78 is 14.6. The number of nitrogens with one attached hydrogen (secondary N) is 2. The Hall–Kier alpha value is -2.21. The summed E-state index contributed by atoms with van der Waals surface area (Å²) in [4.78, 5) is 12.9. The molecule has 0 spiro atoms. The number of aromatic nitrogens is 2. The van der Waals surface area contributed by atoms with Crippen molar-refractivity contribution in [2.24, 2.45) is 0 Å². The van der Waals surface area contributed by atoms with Crippen LogP contribution in [-0.2, 0) is 6.54 Å². The topological polar surface area (TPSA) is 57.8 Å². The monoisotopic (exact) mass is 303 g/mol. The van der Waals surface area contributed by atoms with Crippen LogP contribution < -0.4 is 5.32 Å². The fraction of sp³-hybridized carbons (Fsp3) is 0.200. The molecule has 0 aliphatic rings. The fourth-order valence-electron chi connectivity index (χ4n) is 2.28. The number of H-pyrrole nitrogens is 1. The van der Waals surface area contributed by atoms with Gasteiger partial charge in [0.25, 0.3) is 5.91 Å². The number of nitrogens with zero attached hydrogens (tertiary/aromatic N) is 1. The number of thiophene rings is 1. The molecule has 0 saturated carbocycles. The molecule has 0 saturated heterocycles. The van der Waals surface area contributed by atoms with E-state index in [2.05, 4.69) is 15.5 Å². The van der Waals surface area contributed by atoms with Crippen molar-refractivity contribution in [2.45, 2.75) is 20.4 Å². The van der Waals surface area contributed by atoms with Gasteiger partial charge in [-0.3, -0.25) is 9.89 Å². The Morgan fingerprint density at radius 1 is 1.43 bits per heavy atom. The third-order valence-corrected chi connectivity index (χ3v) is 4.74. The average Bonchev–Trinajstić information content (AvgIpc) is 3.01. The molecule has 6 heteroatoms. The molecule has 0 radical (unpaired) electrons. The highest BCUT2D eigenvalue weighted by atomic mass is 32.1. The Bertz CT molecular complexity index is 822. The first-order chi connectivity index (χ1) is 10.1. The second-order valence-corrected chi connectivity index (χ2v) is 5.92. The second kappa shape index (κ2) is 5.29. The van der Waals surface area contributed by atoms with E-state index in [1.54, 1.807) is 19.2 Å². The highest BCUT2D eigenvalue weighted by Gasteiger charge is 2.17. The van der Waals surface area contributed by atoms with Crippen molar-refractivity contribution >= 4 is 27.3 Å². The number of carbonyl (C=O) groups is 1. The van der Waals surface area contributed by atoms with Gasteiger partial charge in [0, 0.05) is 27.9 Å². The van der Waals surface area contributed by atoms with Crippen LogP contribution in [0.2, 0.25) is 0 Å². The minimum Gasteiger partial charge on any atom is -0.347 e.